The molecule has 1 aromatic carbocycles. The van der Waals surface area contributed by atoms with Crippen LogP contribution in [0.15, 0.2) is 18.2 Å². The van der Waals surface area contributed by atoms with E-state index in [2.05, 4.69) is 0 Å². The second-order valence-corrected chi connectivity index (χ2v) is 3.59. The maximum absolute atomic E-state index is 13.5. The fraction of sp³-hybridized carbons (Fsp3) is 0.364. The van der Waals surface area contributed by atoms with Gasteiger partial charge in [0.1, 0.15) is 5.82 Å². The maximum atomic E-state index is 13.5. The molecule has 0 aliphatic rings. The lowest BCUT2D eigenvalue weighted by Gasteiger charge is -2.19. The number of rotatable bonds is 4. The molecule has 4 nitrogen and oxygen atoms in total. The summed E-state index contributed by atoms with van der Waals surface area (Å²) < 4.78 is 13.5. The zero-order valence-electron chi connectivity index (χ0n) is 9.85. The maximum Gasteiger partial charge on any atom is 0.488 e. The highest BCUT2D eigenvalue weighted by Gasteiger charge is 2.20. The molecule has 6 heteroatoms. The monoisotopic (exact) mass is 239 g/mol. The summed E-state index contributed by atoms with van der Waals surface area (Å²) in [7, 11) is -1.71. The number of hydrogen-bond acceptors (Lipinski definition) is 3. The lowest BCUT2D eigenvalue weighted by atomic mass is 9.79. The third kappa shape index (κ3) is 3.05. The van der Waals surface area contributed by atoms with Gasteiger partial charge in [-0.15, -0.1) is 0 Å². The number of halogens is 1. The minimum atomic E-state index is -1.71. The Bertz CT molecular complexity index is 408. The van der Waals surface area contributed by atoms with E-state index in [0.717, 1.165) is 6.07 Å². The summed E-state index contributed by atoms with van der Waals surface area (Å²) in [5.41, 5.74) is -0.0405. The van der Waals surface area contributed by atoms with Crippen molar-refractivity contribution in [2.45, 2.75) is 13.8 Å². The normalized spacial score (nSPS) is 10.2. The molecule has 1 rings (SSSR count). The first-order valence-corrected chi connectivity index (χ1v) is 5.46. The number of hydrogen-bond donors (Lipinski definition) is 2. The molecule has 0 aliphatic carbocycles. The van der Waals surface area contributed by atoms with E-state index >= 15 is 0 Å². The van der Waals surface area contributed by atoms with Crippen molar-refractivity contribution in [3.8, 4) is 0 Å². The van der Waals surface area contributed by atoms with Gasteiger partial charge in [0.25, 0.3) is 5.91 Å². The molecule has 0 saturated carbocycles. The van der Waals surface area contributed by atoms with E-state index in [9.17, 15) is 9.18 Å². The van der Waals surface area contributed by atoms with Gasteiger partial charge >= 0.3 is 7.12 Å². The molecule has 0 bridgehead atoms. The topological polar surface area (TPSA) is 60.8 Å². The van der Waals surface area contributed by atoms with E-state index in [1.54, 1.807) is 13.8 Å². The van der Waals surface area contributed by atoms with E-state index in [1.165, 1.54) is 17.0 Å². The molecule has 2 N–H and O–H groups in total. The number of amides is 1. The van der Waals surface area contributed by atoms with Gasteiger partial charge in [-0.1, -0.05) is 6.07 Å². The summed E-state index contributed by atoms with van der Waals surface area (Å²) in [5.74, 6) is -1.11. The van der Waals surface area contributed by atoms with Gasteiger partial charge in [-0.25, -0.2) is 4.39 Å². The summed E-state index contributed by atoms with van der Waals surface area (Å²) in [6, 6.07) is 3.46. The Morgan fingerprint density at radius 1 is 1.35 bits per heavy atom. The van der Waals surface area contributed by atoms with Crippen LogP contribution in [-0.4, -0.2) is 41.1 Å². The Kier molecular flexibility index (Phi) is 4.66. The predicted octanol–water partition coefficient (Wildman–Crippen LogP) is -0.0125. The lowest BCUT2D eigenvalue weighted by molar-refractivity contribution is 0.0768. The lowest BCUT2D eigenvalue weighted by Crippen LogP contribution is -2.34. The summed E-state index contributed by atoms with van der Waals surface area (Å²) in [6.45, 7) is 4.54. The molecule has 92 valence electrons. The molecular formula is C11H15BFNO3. The minimum absolute atomic E-state index is 0.0990. The summed E-state index contributed by atoms with van der Waals surface area (Å²) in [6.07, 6.45) is 0. The molecule has 0 heterocycles. The molecule has 1 aromatic rings. The van der Waals surface area contributed by atoms with Crippen molar-refractivity contribution in [3.63, 3.8) is 0 Å². The molecule has 17 heavy (non-hydrogen) atoms. The second-order valence-electron chi connectivity index (χ2n) is 3.59. The van der Waals surface area contributed by atoms with E-state index < -0.39 is 18.8 Å². The van der Waals surface area contributed by atoms with Crippen LogP contribution in [0.25, 0.3) is 0 Å². The van der Waals surface area contributed by atoms with Gasteiger partial charge in [0.2, 0.25) is 0 Å². The van der Waals surface area contributed by atoms with Crippen LogP contribution >= 0.6 is 0 Å². The SMILES string of the molecule is CCN(CC)C(=O)c1cc(B(O)O)ccc1F. The number of carbonyl (C=O) groups is 1. The summed E-state index contributed by atoms with van der Waals surface area (Å²) in [5, 5.41) is 18.0. The third-order valence-electron chi connectivity index (χ3n) is 2.57. The van der Waals surface area contributed by atoms with Crippen LogP contribution in [0.3, 0.4) is 0 Å². The summed E-state index contributed by atoms with van der Waals surface area (Å²) in [4.78, 5) is 13.4. The molecule has 0 spiro atoms. The van der Waals surface area contributed by atoms with Gasteiger partial charge in [0, 0.05) is 13.1 Å². The number of benzene rings is 1. The Morgan fingerprint density at radius 3 is 2.41 bits per heavy atom. The first kappa shape index (κ1) is 13.7. The molecule has 0 aromatic heterocycles. The van der Waals surface area contributed by atoms with Crippen LogP contribution in [0.5, 0.6) is 0 Å². The van der Waals surface area contributed by atoms with E-state index in [1.807, 2.05) is 0 Å². The fourth-order valence-corrected chi connectivity index (χ4v) is 1.55. The average Bonchev–Trinajstić information content (AvgIpc) is 2.30. The van der Waals surface area contributed by atoms with Gasteiger partial charge in [-0.2, -0.15) is 0 Å². The van der Waals surface area contributed by atoms with Gasteiger partial charge in [-0.05, 0) is 31.4 Å². The van der Waals surface area contributed by atoms with Crippen molar-refractivity contribution < 1.29 is 19.2 Å². The van der Waals surface area contributed by atoms with Crippen molar-refractivity contribution in [3.05, 3.63) is 29.6 Å². The highest BCUT2D eigenvalue weighted by Crippen LogP contribution is 2.09. The van der Waals surface area contributed by atoms with Crippen LogP contribution in [0.2, 0.25) is 0 Å². The molecular weight excluding hydrogens is 224 g/mol. The van der Waals surface area contributed by atoms with Crippen molar-refractivity contribution in [1.82, 2.24) is 4.90 Å². The fourth-order valence-electron chi connectivity index (χ4n) is 1.55. The molecule has 0 fully saturated rings. The van der Waals surface area contributed by atoms with Crippen LogP contribution in [0.4, 0.5) is 4.39 Å². The zero-order valence-corrected chi connectivity index (χ0v) is 9.85. The second kappa shape index (κ2) is 5.79. The number of carbonyl (C=O) groups excluding carboxylic acids is 1. The first-order valence-electron chi connectivity index (χ1n) is 5.46. The van der Waals surface area contributed by atoms with Gasteiger partial charge in [0.05, 0.1) is 5.56 Å². The van der Waals surface area contributed by atoms with Crippen molar-refractivity contribution in [2.24, 2.45) is 0 Å². The zero-order chi connectivity index (χ0) is 13.0. The van der Waals surface area contributed by atoms with Gasteiger partial charge in [0.15, 0.2) is 0 Å². The Morgan fingerprint density at radius 2 is 1.94 bits per heavy atom. The molecule has 0 unspecified atom stereocenters. The predicted molar refractivity (Wildman–Crippen MR) is 63.5 cm³/mol. The Hall–Kier alpha value is -1.40. The third-order valence-corrected chi connectivity index (χ3v) is 2.57. The Labute approximate surface area is 99.8 Å². The van der Waals surface area contributed by atoms with Crippen LogP contribution in [0.1, 0.15) is 24.2 Å². The average molecular weight is 239 g/mol. The highest BCUT2D eigenvalue weighted by molar-refractivity contribution is 6.58. The largest absolute Gasteiger partial charge is 0.488 e. The van der Waals surface area contributed by atoms with Gasteiger partial charge < -0.3 is 14.9 Å². The van der Waals surface area contributed by atoms with E-state index in [-0.39, 0.29) is 11.0 Å². The van der Waals surface area contributed by atoms with Crippen molar-refractivity contribution in [1.29, 1.82) is 0 Å². The van der Waals surface area contributed by atoms with Crippen LogP contribution in [-0.2, 0) is 0 Å². The molecule has 0 aliphatic heterocycles. The molecule has 1 amide bonds. The standard InChI is InChI=1S/C11H15BFNO3/c1-3-14(4-2)11(15)9-7-8(12(16)17)5-6-10(9)13/h5-7,16-17H,3-4H2,1-2H3. The smallest absolute Gasteiger partial charge is 0.423 e. The van der Waals surface area contributed by atoms with Gasteiger partial charge in [-0.3, -0.25) is 4.79 Å². The molecule has 0 radical (unpaired) electrons. The van der Waals surface area contributed by atoms with E-state index in [4.69, 9.17) is 10.0 Å². The van der Waals surface area contributed by atoms with E-state index in [0.29, 0.717) is 13.1 Å². The van der Waals surface area contributed by atoms with Crippen LogP contribution in [0, 0.1) is 5.82 Å². The minimum Gasteiger partial charge on any atom is -0.423 e. The number of nitrogens with zero attached hydrogens (tertiary/aromatic N) is 1. The quantitative estimate of drug-likeness (QED) is 0.726. The Balaban J connectivity index is 3.11. The highest BCUT2D eigenvalue weighted by atomic mass is 19.1. The molecule has 0 atom stereocenters. The molecule has 0 saturated heterocycles. The summed E-state index contributed by atoms with van der Waals surface area (Å²) >= 11 is 0. The van der Waals surface area contributed by atoms with Crippen molar-refractivity contribution >= 4 is 18.5 Å². The van der Waals surface area contributed by atoms with Crippen molar-refractivity contribution in [2.75, 3.05) is 13.1 Å². The van der Waals surface area contributed by atoms with Crippen LogP contribution < -0.4 is 5.46 Å². The first-order chi connectivity index (χ1) is 8.01.